The second-order valence-electron chi connectivity index (χ2n) is 5.90. The first-order valence-electron chi connectivity index (χ1n) is 8.20. The van der Waals surface area contributed by atoms with Crippen molar-refractivity contribution in [2.45, 2.75) is 32.0 Å². The topological polar surface area (TPSA) is 72.3 Å². The van der Waals surface area contributed by atoms with Gasteiger partial charge in [-0.05, 0) is 24.8 Å². The molecule has 1 N–H and O–H groups in total. The van der Waals surface area contributed by atoms with E-state index >= 15 is 0 Å². The number of hydrogen-bond acceptors (Lipinski definition) is 6. The number of morpholine rings is 1. The summed E-state index contributed by atoms with van der Waals surface area (Å²) in [6.07, 6.45) is 4.11. The predicted octanol–water partition coefficient (Wildman–Crippen LogP) is 0.788. The molecule has 1 aliphatic rings. The van der Waals surface area contributed by atoms with Crippen LogP contribution in [0, 0.1) is 0 Å². The molecule has 2 atom stereocenters. The van der Waals surface area contributed by atoms with Crippen LogP contribution in [0.15, 0.2) is 30.2 Å². The van der Waals surface area contributed by atoms with Crippen LogP contribution in [0.5, 0.6) is 0 Å². The van der Waals surface area contributed by atoms with Gasteiger partial charge in [0, 0.05) is 24.5 Å². The van der Waals surface area contributed by atoms with Gasteiger partial charge < -0.3 is 10.1 Å². The van der Waals surface area contributed by atoms with Gasteiger partial charge in [0.15, 0.2) is 0 Å². The molecule has 1 aliphatic heterocycles. The van der Waals surface area contributed by atoms with Crippen molar-refractivity contribution in [3.63, 3.8) is 0 Å². The first kappa shape index (κ1) is 17.1. The van der Waals surface area contributed by atoms with E-state index < -0.39 is 0 Å². The number of amides is 1. The number of nitrogens with zero attached hydrogens (tertiary/aromatic N) is 4. The molecule has 0 aliphatic carbocycles. The average Bonchev–Trinajstić information content (AvgIpc) is 3.28. The van der Waals surface area contributed by atoms with E-state index in [1.54, 1.807) is 22.3 Å². The summed E-state index contributed by atoms with van der Waals surface area (Å²) in [4.78, 5) is 19.8. The van der Waals surface area contributed by atoms with Crippen LogP contribution in [0.1, 0.15) is 11.8 Å². The Bertz CT molecular complexity index is 616. The van der Waals surface area contributed by atoms with Crippen molar-refractivity contribution >= 4 is 17.2 Å². The van der Waals surface area contributed by atoms with Crippen molar-refractivity contribution in [2.75, 3.05) is 26.2 Å². The molecule has 0 radical (unpaired) electrons. The molecule has 0 spiro atoms. The van der Waals surface area contributed by atoms with Crippen molar-refractivity contribution in [3.05, 3.63) is 35.0 Å². The van der Waals surface area contributed by atoms with E-state index in [-0.39, 0.29) is 18.1 Å². The molecular weight excluding hydrogens is 326 g/mol. The molecular formula is C16H23N5O2S. The molecule has 0 aromatic carbocycles. The van der Waals surface area contributed by atoms with Crippen LogP contribution in [0.3, 0.4) is 0 Å². The fourth-order valence-corrected chi connectivity index (χ4v) is 3.53. The van der Waals surface area contributed by atoms with Crippen molar-refractivity contribution in [3.8, 4) is 0 Å². The Morgan fingerprint density at radius 2 is 2.50 bits per heavy atom. The molecule has 3 heterocycles. The number of hydrogen-bond donors (Lipinski definition) is 1. The maximum Gasteiger partial charge on any atom is 0.237 e. The minimum atomic E-state index is -0.157. The average molecular weight is 349 g/mol. The smallest absolute Gasteiger partial charge is 0.237 e. The van der Waals surface area contributed by atoms with Gasteiger partial charge in [-0.3, -0.25) is 14.4 Å². The zero-order valence-corrected chi connectivity index (χ0v) is 14.6. The number of thiophene rings is 1. The van der Waals surface area contributed by atoms with Crippen LogP contribution in [-0.2, 0) is 22.5 Å². The summed E-state index contributed by atoms with van der Waals surface area (Å²) in [6.45, 7) is 5.41. The summed E-state index contributed by atoms with van der Waals surface area (Å²) >= 11 is 1.72. The fraction of sp³-hybridized carbons (Fsp3) is 0.562. The van der Waals surface area contributed by atoms with E-state index in [0.717, 1.165) is 19.5 Å². The first-order valence-corrected chi connectivity index (χ1v) is 9.08. The molecule has 24 heavy (non-hydrogen) atoms. The summed E-state index contributed by atoms with van der Waals surface area (Å²) in [5.74, 6) is 0.0768. The highest BCUT2D eigenvalue weighted by molar-refractivity contribution is 7.09. The molecule has 2 aromatic rings. The fourth-order valence-electron chi connectivity index (χ4n) is 2.82. The standard InChI is InChI=1S/C16H23N5O2S/c1-13(16(22)18-5-4-15-3-2-8-24-15)20-6-7-23-14(9-20)10-21-12-17-11-19-21/h2-3,8,11-14H,4-7,9-10H2,1H3,(H,18,22). The minimum Gasteiger partial charge on any atom is -0.374 e. The first-order chi connectivity index (χ1) is 11.7. The molecule has 0 bridgehead atoms. The number of aromatic nitrogens is 3. The SMILES string of the molecule is CC(C(=O)NCCc1cccs1)N1CCOC(Cn2cncn2)C1. The van der Waals surface area contributed by atoms with Gasteiger partial charge in [-0.1, -0.05) is 6.07 Å². The summed E-state index contributed by atoms with van der Waals surface area (Å²) in [7, 11) is 0. The third-order valence-electron chi connectivity index (χ3n) is 4.21. The summed E-state index contributed by atoms with van der Waals surface area (Å²) in [5.41, 5.74) is 0. The predicted molar refractivity (Wildman–Crippen MR) is 91.8 cm³/mol. The molecule has 8 heteroatoms. The van der Waals surface area contributed by atoms with Crippen LogP contribution in [0.4, 0.5) is 0 Å². The van der Waals surface area contributed by atoms with Crippen molar-refractivity contribution in [1.29, 1.82) is 0 Å². The largest absolute Gasteiger partial charge is 0.374 e. The normalized spacial score (nSPS) is 20.0. The molecule has 1 saturated heterocycles. The van der Waals surface area contributed by atoms with Gasteiger partial charge in [-0.2, -0.15) is 5.10 Å². The van der Waals surface area contributed by atoms with E-state index in [4.69, 9.17) is 4.74 Å². The molecule has 2 aromatic heterocycles. The van der Waals surface area contributed by atoms with Crippen LogP contribution in [-0.4, -0.2) is 64.0 Å². The van der Waals surface area contributed by atoms with Gasteiger partial charge in [-0.25, -0.2) is 4.98 Å². The van der Waals surface area contributed by atoms with E-state index in [9.17, 15) is 4.79 Å². The maximum absolute atomic E-state index is 12.4. The van der Waals surface area contributed by atoms with E-state index in [1.165, 1.54) is 11.2 Å². The Morgan fingerprint density at radius 3 is 3.25 bits per heavy atom. The van der Waals surface area contributed by atoms with Gasteiger partial charge >= 0.3 is 0 Å². The number of nitrogens with one attached hydrogen (secondary N) is 1. The highest BCUT2D eigenvalue weighted by Gasteiger charge is 2.28. The third-order valence-corrected chi connectivity index (χ3v) is 5.14. The molecule has 7 nitrogen and oxygen atoms in total. The van der Waals surface area contributed by atoms with Gasteiger partial charge in [0.2, 0.25) is 5.91 Å². The van der Waals surface area contributed by atoms with Crippen molar-refractivity contribution in [1.82, 2.24) is 25.0 Å². The van der Waals surface area contributed by atoms with Crippen LogP contribution < -0.4 is 5.32 Å². The van der Waals surface area contributed by atoms with Gasteiger partial charge in [0.25, 0.3) is 0 Å². The van der Waals surface area contributed by atoms with E-state index in [1.807, 2.05) is 13.0 Å². The zero-order chi connectivity index (χ0) is 16.8. The molecule has 2 unspecified atom stereocenters. The number of carbonyl (C=O) groups excluding carboxylic acids is 1. The Morgan fingerprint density at radius 1 is 1.58 bits per heavy atom. The minimum absolute atomic E-state index is 0.0295. The molecule has 0 saturated carbocycles. The lowest BCUT2D eigenvalue weighted by Gasteiger charge is -2.36. The van der Waals surface area contributed by atoms with E-state index in [2.05, 4.69) is 31.7 Å². The summed E-state index contributed by atoms with van der Waals surface area (Å²) in [6, 6.07) is 3.97. The van der Waals surface area contributed by atoms with Gasteiger partial charge in [-0.15, -0.1) is 11.3 Å². The Kier molecular flexibility index (Phi) is 5.95. The van der Waals surface area contributed by atoms with Crippen LogP contribution >= 0.6 is 11.3 Å². The van der Waals surface area contributed by atoms with Crippen molar-refractivity contribution in [2.24, 2.45) is 0 Å². The Labute approximate surface area is 145 Å². The highest BCUT2D eigenvalue weighted by Crippen LogP contribution is 2.11. The Balaban J connectivity index is 1.44. The lowest BCUT2D eigenvalue weighted by molar-refractivity contribution is -0.129. The number of carbonyl (C=O) groups is 1. The second kappa shape index (κ2) is 8.36. The van der Waals surface area contributed by atoms with Gasteiger partial charge in [0.1, 0.15) is 12.7 Å². The highest BCUT2D eigenvalue weighted by atomic mass is 32.1. The quantitative estimate of drug-likeness (QED) is 0.800. The van der Waals surface area contributed by atoms with Crippen LogP contribution in [0.2, 0.25) is 0 Å². The molecule has 130 valence electrons. The lowest BCUT2D eigenvalue weighted by atomic mass is 10.2. The zero-order valence-electron chi connectivity index (χ0n) is 13.8. The second-order valence-corrected chi connectivity index (χ2v) is 6.93. The lowest BCUT2D eigenvalue weighted by Crippen LogP contribution is -2.53. The monoisotopic (exact) mass is 349 g/mol. The summed E-state index contributed by atoms with van der Waals surface area (Å²) in [5, 5.41) is 9.20. The molecule has 1 fully saturated rings. The Hall–Kier alpha value is -1.77. The van der Waals surface area contributed by atoms with Crippen molar-refractivity contribution < 1.29 is 9.53 Å². The number of ether oxygens (including phenoxy) is 1. The van der Waals surface area contributed by atoms with E-state index in [0.29, 0.717) is 19.7 Å². The van der Waals surface area contributed by atoms with Crippen LogP contribution in [0.25, 0.3) is 0 Å². The van der Waals surface area contributed by atoms with Gasteiger partial charge in [0.05, 0.1) is 25.3 Å². The number of rotatable bonds is 7. The third kappa shape index (κ3) is 4.62. The maximum atomic E-state index is 12.4. The molecule has 1 amide bonds. The summed E-state index contributed by atoms with van der Waals surface area (Å²) < 4.78 is 7.54. The molecule has 3 rings (SSSR count).